The predicted molar refractivity (Wildman–Crippen MR) is 43.5 cm³/mol. The lowest BCUT2D eigenvalue weighted by atomic mass is 9.95. The van der Waals surface area contributed by atoms with Gasteiger partial charge in [-0.2, -0.15) is 0 Å². The highest BCUT2D eigenvalue weighted by Crippen LogP contribution is 2.44. The van der Waals surface area contributed by atoms with Crippen molar-refractivity contribution >= 4 is 0 Å². The molecule has 68 valence electrons. The summed E-state index contributed by atoms with van der Waals surface area (Å²) in [4.78, 5) is 0. The summed E-state index contributed by atoms with van der Waals surface area (Å²) in [5.74, 6) is -0.205. The number of ether oxygens (including phenoxy) is 2. The van der Waals surface area contributed by atoms with E-state index in [1.54, 1.807) is 7.11 Å². The molecule has 0 amide bonds. The number of fused-ring (bicyclic) bond motifs is 1. The van der Waals surface area contributed by atoms with E-state index in [-0.39, 0.29) is 12.5 Å². The van der Waals surface area contributed by atoms with Crippen molar-refractivity contribution in [1.82, 2.24) is 0 Å². The van der Waals surface area contributed by atoms with Crippen molar-refractivity contribution in [3.8, 4) is 0 Å². The van der Waals surface area contributed by atoms with Crippen LogP contribution in [-0.4, -0.2) is 31.2 Å². The van der Waals surface area contributed by atoms with Gasteiger partial charge in [0.25, 0.3) is 0 Å². The molecule has 1 heterocycles. The average molecular weight is 170 g/mol. The zero-order valence-corrected chi connectivity index (χ0v) is 7.19. The molecular formula is C9H14O3. The SMILES string of the molecule is CO[C@]12OCC[C@H]1C=C[C@@H]2CO. The normalized spacial score (nSPS) is 45.2. The summed E-state index contributed by atoms with van der Waals surface area (Å²) >= 11 is 0. The van der Waals surface area contributed by atoms with Gasteiger partial charge in [-0.15, -0.1) is 0 Å². The van der Waals surface area contributed by atoms with Gasteiger partial charge in [-0.25, -0.2) is 0 Å². The van der Waals surface area contributed by atoms with Gasteiger partial charge in [0.05, 0.1) is 19.1 Å². The van der Waals surface area contributed by atoms with Gasteiger partial charge >= 0.3 is 0 Å². The van der Waals surface area contributed by atoms with Crippen LogP contribution in [0.2, 0.25) is 0 Å². The molecule has 2 aliphatic rings. The molecule has 1 N–H and O–H groups in total. The highest BCUT2D eigenvalue weighted by atomic mass is 16.7. The first-order chi connectivity index (χ1) is 5.83. The van der Waals surface area contributed by atoms with Crippen molar-refractivity contribution in [2.75, 3.05) is 20.3 Å². The number of hydrogen-bond donors (Lipinski definition) is 1. The molecular weight excluding hydrogens is 156 g/mol. The first-order valence-corrected chi connectivity index (χ1v) is 4.32. The van der Waals surface area contributed by atoms with Crippen molar-refractivity contribution in [2.45, 2.75) is 12.2 Å². The van der Waals surface area contributed by atoms with E-state index in [2.05, 4.69) is 6.08 Å². The molecule has 1 saturated heterocycles. The van der Waals surface area contributed by atoms with Crippen LogP contribution in [0.15, 0.2) is 12.2 Å². The third-order valence-electron chi connectivity index (χ3n) is 2.88. The average Bonchev–Trinajstić information content (AvgIpc) is 2.60. The summed E-state index contributed by atoms with van der Waals surface area (Å²) < 4.78 is 11.0. The molecule has 3 heteroatoms. The van der Waals surface area contributed by atoms with Gasteiger partial charge in [0.1, 0.15) is 0 Å². The lowest BCUT2D eigenvalue weighted by Crippen LogP contribution is -2.42. The van der Waals surface area contributed by atoms with Crippen molar-refractivity contribution in [1.29, 1.82) is 0 Å². The maximum atomic E-state index is 9.10. The Hall–Kier alpha value is -0.380. The molecule has 0 bridgehead atoms. The summed E-state index contributed by atoms with van der Waals surface area (Å²) in [5.41, 5.74) is 0. The topological polar surface area (TPSA) is 38.7 Å². The van der Waals surface area contributed by atoms with E-state index >= 15 is 0 Å². The smallest absolute Gasteiger partial charge is 0.182 e. The first-order valence-electron chi connectivity index (χ1n) is 4.32. The number of methoxy groups -OCH3 is 1. The van der Waals surface area contributed by atoms with Crippen LogP contribution in [0.3, 0.4) is 0 Å². The Morgan fingerprint density at radius 2 is 2.50 bits per heavy atom. The number of aliphatic hydroxyl groups is 1. The van der Waals surface area contributed by atoms with Gasteiger partial charge in [-0.1, -0.05) is 12.2 Å². The largest absolute Gasteiger partial charge is 0.396 e. The Balaban J connectivity index is 2.24. The molecule has 3 nitrogen and oxygen atoms in total. The molecule has 12 heavy (non-hydrogen) atoms. The monoisotopic (exact) mass is 170 g/mol. The van der Waals surface area contributed by atoms with Crippen molar-refractivity contribution < 1.29 is 14.6 Å². The zero-order chi connectivity index (χ0) is 8.60. The fourth-order valence-corrected chi connectivity index (χ4v) is 2.22. The summed E-state index contributed by atoms with van der Waals surface area (Å²) in [6.45, 7) is 0.834. The van der Waals surface area contributed by atoms with Gasteiger partial charge in [-0.3, -0.25) is 0 Å². The van der Waals surface area contributed by atoms with Crippen molar-refractivity contribution in [2.24, 2.45) is 11.8 Å². The van der Waals surface area contributed by atoms with E-state index in [1.165, 1.54) is 0 Å². The quantitative estimate of drug-likeness (QED) is 0.615. The molecule has 0 spiro atoms. The first kappa shape index (κ1) is 8.23. The van der Waals surface area contributed by atoms with Crippen molar-refractivity contribution in [3.05, 3.63) is 12.2 Å². The highest BCUT2D eigenvalue weighted by Gasteiger charge is 2.51. The molecule has 2 rings (SSSR count). The molecule has 0 aromatic carbocycles. The second kappa shape index (κ2) is 2.83. The number of aliphatic hydroxyl groups excluding tert-OH is 1. The summed E-state index contributed by atoms with van der Waals surface area (Å²) in [6.07, 6.45) is 5.09. The predicted octanol–water partition coefficient (Wildman–Crippen LogP) is 0.544. The standard InChI is InChI=1S/C9H14O3/c1-11-9-7(4-5-12-9)2-3-8(9)6-10/h2-3,7-8,10H,4-6H2,1H3/t7-,8-,9+/m1/s1. The molecule has 1 fully saturated rings. The van der Waals surface area contributed by atoms with Crippen LogP contribution >= 0.6 is 0 Å². The Labute approximate surface area is 72.0 Å². The maximum absolute atomic E-state index is 9.10. The van der Waals surface area contributed by atoms with E-state index in [9.17, 15) is 0 Å². The van der Waals surface area contributed by atoms with E-state index in [1.807, 2.05) is 6.08 Å². The molecule has 0 saturated carbocycles. The molecule has 0 aromatic heterocycles. The minimum Gasteiger partial charge on any atom is -0.396 e. The molecule has 3 atom stereocenters. The fraction of sp³-hybridized carbons (Fsp3) is 0.778. The minimum atomic E-state index is -0.547. The van der Waals surface area contributed by atoms with Crippen LogP contribution < -0.4 is 0 Å². The van der Waals surface area contributed by atoms with Crippen LogP contribution in [0.25, 0.3) is 0 Å². The van der Waals surface area contributed by atoms with Crippen LogP contribution in [-0.2, 0) is 9.47 Å². The van der Waals surface area contributed by atoms with Crippen LogP contribution in [0.4, 0.5) is 0 Å². The Bertz CT molecular complexity index is 202. The van der Waals surface area contributed by atoms with Gasteiger partial charge < -0.3 is 14.6 Å². The highest BCUT2D eigenvalue weighted by molar-refractivity contribution is 5.14. The van der Waals surface area contributed by atoms with Crippen LogP contribution in [0, 0.1) is 11.8 Å². The van der Waals surface area contributed by atoms with Gasteiger partial charge in [-0.05, 0) is 6.42 Å². The zero-order valence-electron chi connectivity index (χ0n) is 7.19. The Morgan fingerprint density at radius 1 is 1.67 bits per heavy atom. The molecule has 0 radical (unpaired) electrons. The third-order valence-corrected chi connectivity index (χ3v) is 2.88. The van der Waals surface area contributed by atoms with Crippen molar-refractivity contribution in [3.63, 3.8) is 0 Å². The lowest BCUT2D eigenvalue weighted by molar-refractivity contribution is -0.231. The van der Waals surface area contributed by atoms with Gasteiger partial charge in [0.2, 0.25) is 0 Å². The second-order valence-electron chi connectivity index (χ2n) is 3.34. The Kier molecular flexibility index (Phi) is 1.94. The van der Waals surface area contributed by atoms with Crippen LogP contribution in [0.1, 0.15) is 6.42 Å². The lowest BCUT2D eigenvalue weighted by Gasteiger charge is -2.32. The Morgan fingerprint density at radius 3 is 3.17 bits per heavy atom. The summed E-state index contributed by atoms with van der Waals surface area (Å²) in [7, 11) is 1.65. The maximum Gasteiger partial charge on any atom is 0.182 e. The molecule has 1 aliphatic heterocycles. The van der Waals surface area contributed by atoms with Gasteiger partial charge in [0, 0.05) is 13.0 Å². The van der Waals surface area contributed by atoms with E-state index < -0.39 is 5.79 Å². The van der Waals surface area contributed by atoms with Gasteiger partial charge in [0.15, 0.2) is 5.79 Å². The van der Waals surface area contributed by atoms with E-state index in [4.69, 9.17) is 14.6 Å². The fourth-order valence-electron chi connectivity index (χ4n) is 2.22. The second-order valence-corrected chi connectivity index (χ2v) is 3.34. The molecule has 0 aromatic rings. The molecule has 0 unspecified atom stereocenters. The summed E-state index contributed by atoms with van der Waals surface area (Å²) in [5, 5.41) is 9.10. The number of hydrogen-bond acceptors (Lipinski definition) is 3. The minimum absolute atomic E-state index is 0.00926. The van der Waals surface area contributed by atoms with E-state index in [0.29, 0.717) is 5.92 Å². The number of rotatable bonds is 2. The van der Waals surface area contributed by atoms with Crippen LogP contribution in [0.5, 0.6) is 0 Å². The van der Waals surface area contributed by atoms with E-state index in [0.717, 1.165) is 13.0 Å². The molecule has 1 aliphatic carbocycles. The summed E-state index contributed by atoms with van der Waals surface area (Å²) in [6, 6.07) is 0. The third kappa shape index (κ3) is 0.873.